The van der Waals surface area contributed by atoms with Crippen LogP contribution in [-0.2, 0) is 10.0 Å². The molecule has 12 nitrogen and oxygen atoms in total. The number of aromatic amines is 1. The molecule has 0 bridgehead atoms. The van der Waals surface area contributed by atoms with Crippen LogP contribution in [0.5, 0.6) is 11.9 Å². The lowest BCUT2D eigenvalue weighted by Gasteiger charge is -2.09. The zero-order valence-corrected chi connectivity index (χ0v) is 22.0. The van der Waals surface area contributed by atoms with Crippen LogP contribution >= 0.6 is 11.6 Å². The van der Waals surface area contributed by atoms with E-state index in [2.05, 4.69) is 36.6 Å². The van der Waals surface area contributed by atoms with Gasteiger partial charge in [-0.3, -0.25) is 14.6 Å². The number of rotatable bonds is 9. The van der Waals surface area contributed by atoms with Gasteiger partial charge < -0.3 is 9.47 Å². The van der Waals surface area contributed by atoms with Gasteiger partial charge in [0, 0.05) is 11.1 Å². The minimum Gasteiger partial charge on any atom is -0.481 e. The van der Waals surface area contributed by atoms with E-state index in [1.165, 1.54) is 49.2 Å². The monoisotopic (exact) mass is 555 g/mol. The lowest BCUT2D eigenvalue weighted by molar-refractivity contribution is 0.353. The van der Waals surface area contributed by atoms with E-state index in [1.54, 1.807) is 31.2 Å². The van der Waals surface area contributed by atoms with Gasteiger partial charge in [-0.05, 0) is 48.9 Å². The highest BCUT2D eigenvalue weighted by Gasteiger charge is 2.17. The first-order chi connectivity index (χ1) is 18.1. The molecule has 4 rings (SSSR count). The summed E-state index contributed by atoms with van der Waals surface area (Å²) in [6.07, 6.45) is 0. The van der Waals surface area contributed by atoms with E-state index in [9.17, 15) is 13.2 Å². The number of H-pyrrole nitrogens is 1. The molecule has 0 aliphatic carbocycles. The molecule has 0 atom stereocenters. The molecular weight excluding hydrogens is 534 g/mol. The highest BCUT2D eigenvalue weighted by atomic mass is 35.5. The molecule has 0 aliphatic rings. The molecule has 0 fully saturated rings. The Morgan fingerprint density at radius 1 is 1.05 bits per heavy atom. The summed E-state index contributed by atoms with van der Waals surface area (Å²) >= 11 is 5.93. The maximum atomic E-state index is 12.9. The van der Waals surface area contributed by atoms with Crippen LogP contribution in [0.2, 0.25) is 5.02 Å². The maximum absolute atomic E-state index is 12.9. The number of aryl methyl sites for hydroxylation is 1. The van der Waals surface area contributed by atoms with Crippen LogP contribution in [0.25, 0.3) is 5.70 Å². The fraction of sp³-hybridized carbons (Fsp3) is 0.125. The molecule has 4 aromatic rings. The molecule has 14 heteroatoms. The van der Waals surface area contributed by atoms with Crippen LogP contribution in [0.3, 0.4) is 0 Å². The van der Waals surface area contributed by atoms with Crippen molar-refractivity contribution in [3.63, 3.8) is 0 Å². The van der Waals surface area contributed by atoms with Crippen molar-refractivity contribution in [1.29, 1.82) is 0 Å². The fourth-order valence-corrected chi connectivity index (χ4v) is 4.38. The van der Waals surface area contributed by atoms with E-state index in [-0.39, 0.29) is 28.3 Å². The van der Waals surface area contributed by atoms with Crippen molar-refractivity contribution in [2.24, 2.45) is 10.2 Å². The molecule has 0 spiro atoms. The summed E-state index contributed by atoms with van der Waals surface area (Å²) in [5.74, 6) is 0.0954. The maximum Gasteiger partial charge on any atom is 0.321 e. The van der Waals surface area contributed by atoms with E-state index < -0.39 is 15.6 Å². The first-order valence-electron chi connectivity index (χ1n) is 10.9. The molecule has 0 aliphatic heterocycles. The van der Waals surface area contributed by atoms with Crippen LogP contribution < -0.4 is 19.8 Å². The minimum atomic E-state index is -4.00. The van der Waals surface area contributed by atoms with E-state index in [0.717, 1.165) is 0 Å². The summed E-state index contributed by atoms with van der Waals surface area (Å²) in [6.45, 7) is 5.65. The smallest absolute Gasteiger partial charge is 0.321 e. The molecule has 0 saturated heterocycles. The number of methoxy groups -OCH3 is 2. The number of hydrogen-bond acceptors (Lipinski definition) is 9. The summed E-state index contributed by atoms with van der Waals surface area (Å²) in [4.78, 5) is 20.8. The van der Waals surface area contributed by atoms with Gasteiger partial charge in [-0.2, -0.15) is 15.1 Å². The Morgan fingerprint density at radius 3 is 2.37 bits per heavy atom. The van der Waals surface area contributed by atoms with Gasteiger partial charge in [0.05, 0.1) is 36.2 Å². The molecule has 0 radical (unpaired) electrons. The molecular formula is C24H22ClN7O5S. The standard InChI is InChI=1S/C24H22ClN7O5S/c1-14-22(23(33)32(30-14)15(2)16-5-7-17(25)8-6-16)29-28-18-9-11-19(12-10-18)38(34,35)31-20-13-21(36-3)27-24(26-20)37-4/h5-13,30H,2H2,1,3-4H3,(H,26,27,31). The zero-order valence-electron chi connectivity index (χ0n) is 20.5. The highest BCUT2D eigenvalue weighted by Crippen LogP contribution is 2.24. The summed E-state index contributed by atoms with van der Waals surface area (Å²) < 4.78 is 39.2. The average Bonchev–Trinajstić information content (AvgIpc) is 3.19. The van der Waals surface area contributed by atoms with Crippen molar-refractivity contribution in [2.45, 2.75) is 11.8 Å². The highest BCUT2D eigenvalue weighted by molar-refractivity contribution is 7.92. The van der Waals surface area contributed by atoms with Crippen LogP contribution in [0.1, 0.15) is 11.3 Å². The number of aromatic nitrogens is 4. The molecule has 196 valence electrons. The normalized spacial score (nSPS) is 11.5. The van der Waals surface area contributed by atoms with E-state index >= 15 is 0 Å². The second-order valence-corrected chi connectivity index (χ2v) is 9.88. The van der Waals surface area contributed by atoms with Gasteiger partial charge in [0.15, 0.2) is 11.5 Å². The average molecular weight is 556 g/mol. The molecule has 2 aromatic heterocycles. The molecule has 2 heterocycles. The number of hydrogen-bond donors (Lipinski definition) is 2. The Labute approximate surface area is 222 Å². The number of benzene rings is 2. The van der Waals surface area contributed by atoms with Gasteiger partial charge in [-0.1, -0.05) is 30.3 Å². The van der Waals surface area contributed by atoms with E-state index in [1.807, 2.05) is 0 Å². The third kappa shape index (κ3) is 5.74. The number of nitrogens with zero attached hydrogens (tertiary/aromatic N) is 5. The lowest BCUT2D eigenvalue weighted by atomic mass is 10.2. The second kappa shape index (κ2) is 10.9. The quantitative estimate of drug-likeness (QED) is 0.284. The van der Waals surface area contributed by atoms with Crippen molar-refractivity contribution < 1.29 is 17.9 Å². The van der Waals surface area contributed by atoms with Gasteiger partial charge >= 0.3 is 6.01 Å². The molecule has 0 saturated carbocycles. The Kier molecular flexibility index (Phi) is 7.60. The Bertz CT molecular complexity index is 1660. The van der Waals surface area contributed by atoms with E-state index in [4.69, 9.17) is 21.1 Å². The zero-order chi connectivity index (χ0) is 27.4. The number of sulfonamides is 1. The predicted molar refractivity (Wildman–Crippen MR) is 142 cm³/mol. The van der Waals surface area contributed by atoms with E-state index in [0.29, 0.717) is 27.7 Å². The van der Waals surface area contributed by atoms with Crippen molar-refractivity contribution in [1.82, 2.24) is 19.7 Å². The lowest BCUT2D eigenvalue weighted by Crippen LogP contribution is -2.15. The Hall–Kier alpha value is -4.49. The van der Waals surface area contributed by atoms with Gasteiger partial charge in [0.25, 0.3) is 15.6 Å². The largest absolute Gasteiger partial charge is 0.481 e. The topological polar surface area (TPSA) is 153 Å². The van der Waals surface area contributed by atoms with Crippen LogP contribution in [0, 0.1) is 6.92 Å². The summed E-state index contributed by atoms with van der Waals surface area (Å²) in [6, 6.07) is 13.7. The predicted octanol–water partition coefficient (Wildman–Crippen LogP) is 4.68. The first kappa shape index (κ1) is 26.6. The summed E-state index contributed by atoms with van der Waals surface area (Å²) in [5, 5.41) is 11.7. The number of ether oxygens (including phenoxy) is 2. The molecule has 2 aromatic carbocycles. The van der Waals surface area contributed by atoms with Crippen molar-refractivity contribution >= 4 is 44.5 Å². The molecule has 0 unspecified atom stereocenters. The van der Waals surface area contributed by atoms with Gasteiger partial charge in [0.1, 0.15) is 0 Å². The Balaban J connectivity index is 1.53. The summed E-state index contributed by atoms with van der Waals surface area (Å²) in [7, 11) is -1.27. The van der Waals surface area contributed by atoms with Crippen molar-refractivity contribution in [3.05, 3.63) is 87.8 Å². The minimum absolute atomic E-state index is 0.0307. The summed E-state index contributed by atoms with van der Waals surface area (Å²) in [5.41, 5.74) is 1.57. The second-order valence-electron chi connectivity index (χ2n) is 7.76. The van der Waals surface area contributed by atoms with Crippen LogP contribution in [-0.4, -0.2) is 42.4 Å². The van der Waals surface area contributed by atoms with Crippen LogP contribution in [0.15, 0.2) is 81.1 Å². The molecule has 0 amide bonds. The molecule has 2 N–H and O–H groups in total. The number of anilines is 1. The fourth-order valence-electron chi connectivity index (χ4n) is 3.27. The van der Waals surface area contributed by atoms with Gasteiger partial charge in [-0.25, -0.2) is 13.1 Å². The number of halogens is 1. The van der Waals surface area contributed by atoms with Crippen molar-refractivity contribution in [3.8, 4) is 11.9 Å². The first-order valence-corrected chi connectivity index (χ1v) is 12.8. The number of nitrogens with one attached hydrogen (secondary N) is 2. The third-order valence-corrected chi connectivity index (χ3v) is 6.84. The van der Waals surface area contributed by atoms with Gasteiger partial charge in [0.2, 0.25) is 5.88 Å². The SMILES string of the molecule is C=C(c1ccc(Cl)cc1)n1[nH]c(C)c(N=Nc2ccc(S(=O)(=O)Nc3cc(OC)nc(OC)n3)cc2)c1=O. The van der Waals surface area contributed by atoms with Gasteiger partial charge in [-0.15, -0.1) is 5.11 Å². The molecule has 38 heavy (non-hydrogen) atoms. The Morgan fingerprint density at radius 2 is 1.74 bits per heavy atom. The van der Waals surface area contributed by atoms with Crippen molar-refractivity contribution in [2.75, 3.05) is 18.9 Å². The number of azo groups is 1. The van der Waals surface area contributed by atoms with Crippen LogP contribution in [0.4, 0.5) is 17.2 Å². The third-order valence-electron chi connectivity index (χ3n) is 5.21.